The predicted molar refractivity (Wildman–Crippen MR) is 191 cm³/mol. The quantitative estimate of drug-likeness (QED) is 0.0359. The summed E-state index contributed by atoms with van der Waals surface area (Å²) >= 11 is 0. The van der Waals surface area contributed by atoms with Crippen LogP contribution >= 0.6 is 67.2 Å². The van der Waals surface area contributed by atoms with Crippen molar-refractivity contribution in [1.29, 1.82) is 0 Å². The van der Waals surface area contributed by atoms with E-state index in [1.807, 2.05) is 0 Å². The first-order chi connectivity index (χ1) is 28.5. The number of pyridine rings is 1. The summed E-state index contributed by atoms with van der Waals surface area (Å²) in [6.07, 6.45) is 2.94. The molecule has 43 heteroatoms. The standard InChI is InChI=1S/C21H38N.C6H18O24P6.ClH.H3O4P.6Zn/c1-2-3-4-5-6-7-8-9-10-11-12-13-14-16-19-22-20-17-15-18-21-22;7-31(8,9)25-1-2(26-32(10,11)12)4(28-34(16,17)18)6(30-36(22,23)24)5(29-35(19,20)21)3(1)27-33(13,14)15;;1-5(2,3)4;;;;;;/h15,17-18,20-21H,2-14,16,19H2,1H3;1-6H,(H2,7,8,9)(H2,10,11,12)(H2,13,14,15)(H2,16,17,18)(H2,19,20,21)(H2,22,23,24);1H;(H3,1,2,3,4);;;;;;/q+1;;;;6*+2/p-13. The average molecular weight is 1480 g/mol. The third-order valence-corrected chi connectivity index (χ3v) is 11.0. The van der Waals surface area contributed by atoms with Gasteiger partial charge in [-0.15, -0.1) is 12.4 Å². The van der Waals surface area contributed by atoms with Gasteiger partial charge in [0.1, 0.15) is 43.2 Å². The zero-order valence-corrected chi connectivity index (χ0v) is 62.6. The van der Waals surface area contributed by atoms with Gasteiger partial charge in [-0.3, -0.25) is 4.57 Å². The van der Waals surface area contributed by atoms with Crippen molar-refractivity contribution in [2.45, 2.75) is 140 Å². The minimum Gasteiger partial charge on any atom is -0.790 e. The second-order valence-electron chi connectivity index (χ2n) is 13.3. The molecule has 2 N–H and O–H groups in total. The molecule has 0 spiro atoms. The molecule has 2 rings (SSSR count). The van der Waals surface area contributed by atoms with Crippen LogP contribution in [-0.4, -0.2) is 46.4 Å². The average Bonchev–Trinajstić information content (AvgIpc) is 3.06. The van der Waals surface area contributed by atoms with Crippen molar-refractivity contribution >= 4 is 67.2 Å². The smallest absolute Gasteiger partial charge is 0.790 e. The van der Waals surface area contributed by atoms with E-state index >= 15 is 0 Å². The summed E-state index contributed by atoms with van der Waals surface area (Å²) in [4.78, 5) is 156. The van der Waals surface area contributed by atoms with Gasteiger partial charge in [0.05, 0.1) is 46.9 Å². The van der Waals surface area contributed by atoms with E-state index in [-0.39, 0.29) is 129 Å². The molecule has 1 heterocycles. The van der Waals surface area contributed by atoms with Gasteiger partial charge in [-0.25, -0.2) is 4.57 Å². The Morgan fingerprint density at radius 2 is 0.543 bits per heavy atom. The molecule has 0 aromatic carbocycles. The van der Waals surface area contributed by atoms with Gasteiger partial charge in [0.2, 0.25) is 0 Å². The van der Waals surface area contributed by atoms with Crippen LogP contribution in [0.2, 0.25) is 0 Å². The van der Waals surface area contributed by atoms with Gasteiger partial charge in [0, 0.05) is 18.6 Å². The molecule has 1 fully saturated rings. The van der Waals surface area contributed by atoms with Crippen molar-refractivity contribution in [3.63, 3.8) is 0 Å². The Kier molecular flexibility index (Phi) is 56.5. The zero-order valence-electron chi connectivity index (χ0n) is 37.7. The zero-order chi connectivity index (χ0) is 48.9. The van der Waals surface area contributed by atoms with Crippen molar-refractivity contribution < 1.29 is 254 Å². The van der Waals surface area contributed by atoms with Gasteiger partial charge in [0.25, 0.3) is 7.82 Å². The second-order valence-corrected chi connectivity index (χ2v) is 20.9. The molecule has 0 saturated heterocycles. The molecule has 0 amide bonds. The molecule has 1 saturated carbocycles. The molecule has 1 aliphatic carbocycles. The first-order valence-corrected chi connectivity index (χ1v) is 28.7. The van der Waals surface area contributed by atoms with Crippen molar-refractivity contribution in [1.82, 2.24) is 0 Å². The van der Waals surface area contributed by atoms with Gasteiger partial charge in [0.15, 0.2) is 12.4 Å². The normalized spacial score (nSPS) is 19.4. The summed E-state index contributed by atoms with van der Waals surface area (Å²) in [5, 5.41) is 0. The Labute approximate surface area is 487 Å². The molecule has 1 aromatic heterocycles. The number of nitrogens with zero attached hydrogens (tertiary/aromatic N) is 1. The first kappa shape index (κ1) is 90.5. The van der Waals surface area contributed by atoms with Crippen LogP contribution in [0.4, 0.5) is 0 Å². The number of halogens is 1. The molecule has 0 bridgehead atoms. The fourth-order valence-electron chi connectivity index (χ4n) is 5.81. The van der Waals surface area contributed by atoms with Crippen LogP contribution in [0, 0.1) is 0 Å². The van der Waals surface area contributed by atoms with Crippen molar-refractivity contribution in [3.8, 4) is 0 Å². The third-order valence-electron chi connectivity index (χ3n) is 7.99. The van der Waals surface area contributed by atoms with E-state index in [0.717, 1.165) is 0 Å². The molecule has 1 aliphatic rings. The summed E-state index contributed by atoms with van der Waals surface area (Å²) in [6.45, 7) is 3.47. The van der Waals surface area contributed by atoms with E-state index in [2.05, 4.69) is 69.2 Å². The maximum absolute atomic E-state index is 11.1. The fourth-order valence-corrected chi connectivity index (χ4v) is 9.04. The van der Waals surface area contributed by atoms with E-state index in [4.69, 9.17) is 19.2 Å². The Bertz CT molecular complexity index is 1570. The van der Waals surface area contributed by atoms with E-state index in [1.165, 1.54) is 96.4 Å². The molecule has 0 aliphatic heterocycles. The summed E-state index contributed by atoms with van der Waals surface area (Å²) < 4.78 is 99.4. The van der Waals surface area contributed by atoms with Crippen LogP contribution in [0.1, 0.15) is 96.8 Å². The Balaban J connectivity index is -0.000000163. The predicted octanol–water partition coefficient (Wildman–Crippen LogP) is -5.41. The molecule has 382 valence electrons. The molecule has 0 radical (unpaired) electrons. The van der Waals surface area contributed by atoms with E-state index in [0.29, 0.717) is 0 Å². The van der Waals surface area contributed by atoms with Crippen LogP contribution in [0.5, 0.6) is 0 Å². The molecule has 0 unspecified atom stereocenters. The fraction of sp³-hybridized carbons (Fsp3) is 0.815. The third kappa shape index (κ3) is 53.9. The second kappa shape index (κ2) is 43.7. The summed E-state index contributed by atoms with van der Waals surface area (Å²) in [5.74, 6) is 0. The van der Waals surface area contributed by atoms with Gasteiger partial charge in [-0.05, 0) is 6.42 Å². The minimum atomic E-state index is -6.68. The SMILES string of the molecule is CCCCCCCCCCCCCCCC[n+]1ccccc1.Cl.O=P([O-])(O)O.O=P([O-])([O-])OC1C(OP(=O)([O-])[O-])C(OP(=O)([O-])[O-])C(OP(=O)([O-])[O-])C(OP(=O)([O-])[O-])C1OP(=O)([O-])[O-].[Zn+2].[Zn+2].[Zn+2].[Zn+2].[Zn+2].[Zn+2]. The van der Waals surface area contributed by atoms with Gasteiger partial charge in [-0.1, -0.05) is 90.0 Å². The van der Waals surface area contributed by atoms with E-state index < -0.39 is 91.4 Å². The number of phosphoric ester groups is 6. The van der Waals surface area contributed by atoms with Gasteiger partial charge < -0.3 is 128 Å². The molecule has 1 aromatic rings. The number of unbranched alkanes of at least 4 members (excludes halogenated alkanes) is 13. The Hall–Kier alpha value is 3.95. The summed E-state index contributed by atoms with van der Waals surface area (Å²) in [7, 11) is -45.0. The van der Waals surface area contributed by atoms with E-state index in [9.17, 15) is 86.1 Å². The Morgan fingerprint density at radius 1 is 0.371 bits per heavy atom. The van der Waals surface area contributed by atoms with E-state index in [1.54, 1.807) is 0 Å². The topological polar surface area (TPSA) is 519 Å². The van der Waals surface area contributed by atoms with Crippen LogP contribution in [0.25, 0.3) is 0 Å². The van der Waals surface area contributed by atoms with Crippen LogP contribution in [-0.2, 0) is 183 Å². The van der Waals surface area contributed by atoms with Crippen molar-refractivity contribution in [2.24, 2.45) is 0 Å². The molecule has 70 heavy (non-hydrogen) atoms. The monoisotopic (exact) mass is 1470 g/mol. The Morgan fingerprint density at radius 3 is 0.714 bits per heavy atom. The number of rotatable bonds is 27. The van der Waals surface area contributed by atoms with Crippen molar-refractivity contribution in [2.75, 3.05) is 0 Å². The van der Waals surface area contributed by atoms with Crippen LogP contribution < -0.4 is 68.2 Å². The number of aromatic nitrogens is 1. The number of hydrogen-bond donors (Lipinski definition) is 2. The van der Waals surface area contributed by atoms with Crippen LogP contribution in [0.15, 0.2) is 30.6 Å². The summed E-state index contributed by atoms with van der Waals surface area (Å²) in [6, 6.07) is 6.31. The maximum atomic E-state index is 11.1. The molecular formula is C27H47ClNO28P7Zn6. The molecule has 29 nitrogen and oxygen atoms in total. The van der Waals surface area contributed by atoms with Gasteiger partial charge >= 0.3 is 117 Å². The van der Waals surface area contributed by atoms with Crippen LogP contribution in [0.3, 0.4) is 0 Å². The first-order valence-electron chi connectivity index (χ1n) is 18.4. The van der Waals surface area contributed by atoms with Gasteiger partial charge in [-0.2, -0.15) is 0 Å². The number of hydrogen-bond acceptors (Lipinski definition) is 26. The molecule has 0 atom stereocenters. The molecular weight excluding hydrogens is 1430 g/mol. The van der Waals surface area contributed by atoms with Crippen molar-refractivity contribution in [3.05, 3.63) is 30.6 Å². The number of phosphoric acid groups is 7. The maximum Gasteiger partial charge on any atom is 2.00 e. The number of aryl methyl sites for hydroxylation is 1. The largest absolute Gasteiger partial charge is 2.00 e. The minimum absolute atomic E-state index is 0. The summed E-state index contributed by atoms with van der Waals surface area (Å²) in [5.41, 5.74) is 0.